The van der Waals surface area contributed by atoms with Crippen LogP contribution in [0.1, 0.15) is 36.9 Å². The maximum Gasteiger partial charge on any atom is 0.295 e. The molecule has 0 aromatic heterocycles. The Bertz CT molecular complexity index is 965. The molecule has 3 rings (SSSR count). The molecular formula is C25H29NO6. The van der Waals surface area contributed by atoms with Crippen molar-refractivity contribution < 1.29 is 28.9 Å². The summed E-state index contributed by atoms with van der Waals surface area (Å²) in [6, 6.07) is 13.2. The molecule has 0 unspecified atom stereocenters. The fraction of sp³-hybridized carbons (Fsp3) is 0.360. The van der Waals surface area contributed by atoms with Crippen LogP contribution in [-0.4, -0.2) is 55.7 Å². The number of rotatable bonds is 10. The number of amides is 1. The average Bonchev–Trinajstić information content (AvgIpc) is 3.07. The lowest BCUT2D eigenvalue weighted by molar-refractivity contribution is -0.140. The standard InChI is InChI=1S/C25H29NO6/c1-4-5-15-32-20-12-6-17(7-13-20)22-21(24(28)25(29)26(22)14-16-30-2)23(27)18-8-10-19(31-3)11-9-18/h6-13,22,27H,4-5,14-16H2,1-3H3/t22-/m1/s1. The number of carbonyl (C=O) groups is 2. The second-order valence-electron chi connectivity index (χ2n) is 7.48. The molecule has 32 heavy (non-hydrogen) atoms. The van der Waals surface area contributed by atoms with Gasteiger partial charge in [0.2, 0.25) is 0 Å². The minimum absolute atomic E-state index is 0.0518. The van der Waals surface area contributed by atoms with Crippen molar-refractivity contribution in [3.05, 3.63) is 65.2 Å². The molecule has 1 saturated heterocycles. The van der Waals surface area contributed by atoms with Gasteiger partial charge in [-0.25, -0.2) is 0 Å². The smallest absolute Gasteiger partial charge is 0.295 e. The third-order valence-corrected chi connectivity index (χ3v) is 5.40. The maximum atomic E-state index is 12.9. The second-order valence-corrected chi connectivity index (χ2v) is 7.48. The van der Waals surface area contributed by atoms with E-state index in [1.54, 1.807) is 31.4 Å². The highest BCUT2D eigenvalue weighted by molar-refractivity contribution is 6.46. The molecule has 2 aromatic rings. The van der Waals surface area contributed by atoms with E-state index in [1.165, 1.54) is 12.0 Å². The number of Topliss-reactive ketones (excluding diaryl/α,β-unsaturated/α-hetero) is 1. The minimum Gasteiger partial charge on any atom is -0.507 e. The number of unbranched alkanes of at least 4 members (excludes halogenated alkanes) is 1. The summed E-state index contributed by atoms with van der Waals surface area (Å²) in [5.74, 6) is -0.268. The zero-order chi connectivity index (χ0) is 23.1. The van der Waals surface area contributed by atoms with Crippen molar-refractivity contribution in [2.75, 3.05) is 34.0 Å². The molecule has 1 aliphatic heterocycles. The van der Waals surface area contributed by atoms with Gasteiger partial charge in [-0.3, -0.25) is 9.59 Å². The lowest BCUT2D eigenvalue weighted by Crippen LogP contribution is -2.32. The zero-order valence-electron chi connectivity index (χ0n) is 18.7. The van der Waals surface area contributed by atoms with Crippen molar-refractivity contribution in [2.24, 2.45) is 0 Å². The zero-order valence-corrected chi connectivity index (χ0v) is 18.7. The number of methoxy groups -OCH3 is 2. The number of nitrogens with zero attached hydrogens (tertiary/aromatic N) is 1. The van der Waals surface area contributed by atoms with Crippen LogP contribution >= 0.6 is 0 Å². The van der Waals surface area contributed by atoms with Crippen LogP contribution in [0.15, 0.2) is 54.1 Å². The van der Waals surface area contributed by atoms with Crippen molar-refractivity contribution in [2.45, 2.75) is 25.8 Å². The molecule has 7 nitrogen and oxygen atoms in total. The molecule has 0 radical (unpaired) electrons. The van der Waals surface area contributed by atoms with Crippen molar-refractivity contribution >= 4 is 17.4 Å². The highest BCUT2D eigenvalue weighted by Gasteiger charge is 2.45. The Balaban J connectivity index is 2.01. The first-order valence-electron chi connectivity index (χ1n) is 10.7. The molecule has 2 aromatic carbocycles. The van der Waals surface area contributed by atoms with Gasteiger partial charge >= 0.3 is 0 Å². The van der Waals surface area contributed by atoms with E-state index in [0.29, 0.717) is 29.2 Å². The normalized spacial score (nSPS) is 17.6. The van der Waals surface area contributed by atoms with Crippen LogP contribution in [0.25, 0.3) is 5.76 Å². The van der Waals surface area contributed by atoms with Gasteiger partial charge in [0.15, 0.2) is 0 Å². The number of aliphatic hydroxyl groups is 1. The lowest BCUT2D eigenvalue weighted by Gasteiger charge is -2.25. The third-order valence-electron chi connectivity index (χ3n) is 5.40. The monoisotopic (exact) mass is 439 g/mol. The summed E-state index contributed by atoms with van der Waals surface area (Å²) >= 11 is 0. The summed E-state index contributed by atoms with van der Waals surface area (Å²) in [5.41, 5.74) is 1.19. The van der Waals surface area contributed by atoms with E-state index >= 15 is 0 Å². The van der Waals surface area contributed by atoms with E-state index in [0.717, 1.165) is 12.8 Å². The Morgan fingerprint density at radius 2 is 1.62 bits per heavy atom. The summed E-state index contributed by atoms with van der Waals surface area (Å²) < 4.78 is 16.0. The van der Waals surface area contributed by atoms with Crippen LogP contribution in [0.5, 0.6) is 11.5 Å². The largest absolute Gasteiger partial charge is 0.507 e. The van der Waals surface area contributed by atoms with E-state index in [2.05, 4.69) is 6.92 Å². The van der Waals surface area contributed by atoms with Gasteiger partial charge in [-0.15, -0.1) is 0 Å². The molecule has 1 aliphatic rings. The SMILES string of the molecule is CCCCOc1ccc([C@@H]2C(=C(O)c3ccc(OC)cc3)C(=O)C(=O)N2CCOC)cc1. The third kappa shape index (κ3) is 4.94. The molecule has 170 valence electrons. The Labute approximate surface area is 188 Å². The predicted octanol–water partition coefficient (Wildman–Crippen LogP) is 3.94. The van der Waals surface area contributed by atoms with Crippen LogP contribution < -0.4 is 9.47 Å². The number of aliphatic hydroxyl groups excluding tert-OH is 1. The van der Waals surface area contributed by atoms with E-state index in [1.807, 2.05) is 24.3 Å². The number of ether oxygens (including phenoxy) is 3. The Morgan fingerprint density at radius 3 is 2.22 bits per heavy atom. The van der Waals surface area contributed by atoms with Gasteiger partial charge in [-0.2, -0.15) is 0 Å². The van der Waals surface area contributed by atoms with Crippen molar-refractivity contribution in [1.29, 1.82) is 0 Å². The number of likely N-dealkylation sites (tertiary alicyclic amines) is 1. The number of ketones is 1. The lowest BCUT2D eigenvalue weighted by atomic mass is 9.95. The number of carbonyl (C=O) groups excluding carboxylic acids is 2. The van der Waals surface area contributed by atoms with Gasteiger partial charge < -0.3 is 24.2 Å². The quantitative estimate of drug-likeness (QED) is 0.261. The van der Waals surface area contributed by atoms with Crippen molar-refractivity contribution in [1.82, 2.24) is 4.90 Å². The summed E-state index contributed by atoms with van der Waals surface area (Å²) in [6.07, 6.45) is 2.00. The molecule has 1 N–H and O–H groups in total. The van der Waals surface area contributed by atoms with Crippen LogP contribution in [0, 0.1) is 0 Å². The van der Waals surface area contributed by atoms with Gasteiger partial charge in [0, 0.05) is 19.2 Å². The summed E-state index contributed by atoms with van der Waals surface area (Å²) in [4.78, 5) is 27.2. The molecule has 1 heterocycles. The molecule has 0 bridgehead atoms. The highest BCUT2D eigenvalue weighted by Crippen LogP contribution is 2.39. The fourth-order valence-electron chi connectivity index (χ4n) is 3.63. The van der Waals surface area contributed by atoms with E-state index < -0.39 is 17.7 Å². The van der Waals surface area contributed by atoms with Gasteiger partial charge in [-0.05, 0) is 48.4 Å². The Hall–Kier alpha value is -3.32. The van der Waals surface area contributed by atoms with Crippen molar-refractivity contribution in [3.63, 3.8) is 0 Å². The maximum absolute atomic E-state index is 12.9. The second kappa shape index (κ2) is 10.8. The fourth-order valence-corrected chi connectivity index (χ4v) is 3.63. The van der Waals surface area contributed by atoms with E-state index in [4.69, 9.17) is 14.2 Å². The molecule has 7 heteroatoms. The van der Waals surface area contributed by atoms with Crippen molar-refractivity contribution in [3.8, 4) is 11.5 Å². The number of benzene rings is 2. The minimum atomic E-state index is -0.725. The summed E-state index contributed by atoms with van der Waals surface area (Å²) in [7, 11) is 3.08. The Morgan fingerprint density at radius 1 is 0.969 bits per heavy atom. The Kier molecular flexibility index (Phi) is 7.89. The first-order chi connectivity index (χ1) is 15.5. The number of hydrogen-bond donors (Lipinski definition) is 1. The summed E-state index contributed by atoms with van der Waals surface area (Å²) in [5, 5.41) is 11.0. The van der Waals surface area contributed by atoms with E-state index in [-0.39, 0.29) is 24.5 Å². The number of hydrogen-bond acceptors (Lipinski definition) is 6. The van der Waals surface area contributed by atoms with E-state index in [9.17, 15) is 14.7 Å². The molecule has 1 fully saturated rings. The molecule has 1 amide bonds. The molecule has 0 spiro atoms. The predicted molar refractivity (Wildman–Crippen MR) is 121 cm³/mol. The van der Waals surface area contributed by atoms with Gasteiger partial charge in [0.05, 0.1) is 31.9 Å². The molecular weight excluding hydrogens is 410 g/mol. The van der Waals surface area contributed by atoms with Gasteiger partial charge in [0.1, 0.15) is 17.3 Å². The molecule has 1 atom stereocenters. The van der Waals surface area contributed by atoms with Gasteiger partial charge in [0.25, 0.3) is 11.7 Å². The van der Waals surface area contributed by atoms with Crippen LogP contribution in [0.3, 0.4) is 0 Å². The topological polar surface area (TPSA) is 85.3 Å². The summed E-state index contributed by atoms with van der Waals surface area (Å²) in [6.45, 7) is 3.21. The van der Waals surface area contributed by atoms with Crippen LogP contribution in [0.2, 0.25) is 0 Å². The van der Waals surface area contributed by atoms with Gasteiger partial charge in [-0.1, -0.05) is 25.5 Å². The highest BCUT2D eigenvalue weighted by atomic mass is 16.5. The first-order valence-corrected chi connectivity index (χ1v) is 10.7. The first kappa shape index (κ1) is 23.3. The molecule has 0 aliphatic carbocycles. The average molecular weight is 440 g/mol. The van der Waals surface area contributed by atoms with Crippen LogP contribution in [-0.2, 0) is 14.3 Å². The van der Waals surface area contributed by atoms with Crippen LogP contribution in [0.4, 0.5) is 0 Å². The molecule has 0 saturated carbocycles.